The Kier molecular flexibility index (Phi) is 3.57. The molecule has 2 atom stereocenters. The van der Waals surface area contributed by atoms with E-state index < -0.39 is 9.84 Å². The molecule has 1 aromatic rings. The van der Waals surface area contributed by atoms with E-state index in [-0.39, 0.29) is 0 Å². The van der Waals surface area contributed by atoms with Gasteiger partial charge in [0.25, 0.3) is 0 Å². The topological polar surface area (TPSA) is 34.1 Å². The van der Waals surface area contributed by atoms with Crippen LogP contribution >= 0.6 is 0 Å². The van der Waals surface area contributed by atoms with Gasteiger partial charge in [-0.25, -0.2) is 8.42 Å². The molecule has 0 spiro atoms. The van der Waals surface area contributed by atoms with Crippen molar-refractivity contribution >= 4 is 9.84 Å². The van der Waals surface area contributed by atoms with Crippen molar-refractivity contribution in [2.75, 3.05) is 5.75 Å². The van der Waals surface area contributed by atoms with Crippen molar-refractivity contribution in [3.8, 4) is 0 Å². The number of aryl methyl sites for hydroxylation is 1. The lowest BCUT2D eigenvalue weighted by Gasteiger charge is -2.15. The molecule has 0 bridgehead atoms. The maximum absolute atomic E-state index is 12.2. The fourth-order valence-electron chi connectivity index (χ4n) is 2.59. The molecule has 3 heteroatoms. The molecule has 2 unspecified atom stereocenters. The minimum absolute atomic E-state index is 0.317. The molecule has 0 radical (unpaired) electrons. The molecule has 0 aromatic heterocycles. The first kappa shape index (κ1) is 12.6. The van der Waals surface area contributed by atoms with Crippen molar-refractivity contribution in [1.29, 1.82) is 0 Å². The molecule has 0 aliphatic heterocycles. The highest BCUT2D eigenvalue weighted by Crippen LogP contribution is 2.33. The number of hydrogen-bond donors (Lipinski definition) is 0. The van der Waals surface area contributed by atoms with E-state index >= 15 is 0 Å². The van der Waals surface area contributed by atoms with E-state index in [2.05, 4.69) is 6.92 Å². The third-order valence-electron chi connectivity index (χ3n) is 3.85. The monoisotopic (exact) mass is 252 g/mol. The highest BCUT2D eigenvalue weighted by Gasteiger charge is 2.29. The highest BCUT2D eigenvalue weighted by atomic mass is 32.2. The Morgan fingerprint density at radius 2 is 1.82 bits per heavy atom. The molecule has 1 aliphatic carbocycles. The van der Waals surface area contributed by atoms with Crippen LogP contribution in [0.15, 0.2) is 29.2 Å². The normalized spacial score (nSPS) is 25.1. The van der Waals surface area contributed by atoms with Gasteiger partial charge in [0.05, 0.1) is 10.6 Å². The third kappa shape index (κ3) is 2.89. The van der Waals surface area contributed by atoms with Crippen LogP contribution in [-0.2, 0) is 9.84 Å². The van der Waals surface area contributed by atoms with E-state index in [1.165, 1.54) is 12.8 Å². The van der Waals surface area contributed by atoms with E-state index in [4.69, 9.17) is 0 Å². The minimum Gasteiger partial charge on any atom is -0.224 e. The molecule has 2 nitrogen and oxygen atoms in total. The van der Waals surface area contributed by atoms with Crippen molar-refractivity contribution in [2.45, 2.75) is 38.0 Å². The fourth-order valence-corrected chi connectivity index (χ4v) is 4.40. The van der Waals surface area contributed by atoms with Gasteiger partial charge < -0.3 is 0 Å². The Labute approximate surface area is 104 Å². The molecule has 0 N–H and O–H groups in total. The first-order chi connectivity index (χ1) is 7.99. The fraction of sp³-hybridized carbons (Fsp3) is 0.571. The van der Waals surface area contributed by atoms with E-state index in [9.17, 15) is 8.42 Å². The quantitative estimate of drug-likeness (QED) is 0.828. The van der Waals surface area contributed by atoms with Crippen molar-refractivity contribution < 1.29 is 8.42 Å². The maximum atomic E-state index is 12.2. The second-order valence-electron chi connectivity index (χ2n) is 5.26. The van der Waals surface area contributed by atoms with Crippen molar-refractivity contribution in [3.05, 3.63) is 29.8 Å². The molecule has 0 amide bonds. The maximum Gasteiger partial charge on any atom is 0.178 e. The molecule has 94 valence electrons. The summed E-state index contributed by atoms with van der Waals surface area (Å²) in [6.07, 6.45) is 3.41. The molecule has 17 heavy (non-hydrogen) atoms. The zero-order valence-electron chi connectivity index (χ0n) is 10.5. The first-order valence-corrected chi connectivity index (χ1v) is 7.94. The lowest BCUT2D eigenvalue weighted by Crippen LogP contribution is -2.18. The number of hydrogen-bond acceptors (Lipinski definition) is 2. The third-order valence-corrected chi connectivity index (χ3v) is 5.71. The SMILES string of the molecule is Cc1ccc(S(=O)(=O)CC2CCCC2C)cc1. The van der Waals surface area contributed by atoms with E-state index in [1.54, 1.807) is 12.1 Å². The lowest BCUT2D eigenvalue weighted by atomic mass is 10.0. The van der Waals surface area contributed by atoms with Gasteiger partial charge in [-0.2, -0.15) is 0 Å². The van der Waals surface area contributed by atoms with Crippen LogP contribution in [-0.4, -0.2) is 14.2 Å². The summed E-state index contributed by atoms with van der Waals surface area (Å²) in [6.45, 7) is 4.14. The number of sulfone groups is 1. The van der Waals surface area contributed by atoms with Crippen LogP contribution in [0.2, 0.25) is 0 Å². The summed E-state index contributed by atoms with van der Waals surface area (Å²) in [5.74, 6) is 1.22. The molecule has 1 fully saturated rings. The molecule has 1 aromatic carbocycles. The average Bonchev–Trinajstić information content (AvgIpc) is 2.64. The van der Waals surface area contributed by atoms with Gasteiger partial charge in [-0.3, -0.25) is 0 Å². The molecule has 1 aliphatic rings. The summed E-state index contributed by atoms with van der Waals surface area (Å²) in [6, 6.07) is 7.19. The molecule has 2 rings (SSSR count). The Morgan fingerprint density at radius 3 is 2.35 bits per heavy atom. The largest absolute Gasteiger partial charge is 0.224 e. The average molecular weight is 252 g/mol. The van der Waals surface area contributed by atoms with Crippen LogP contribution in [0.4, 0.5) is 0 Å². The smallest absolute Gasteiger partial charge is 0.178 e. The van der Waals surface area contributed by atoms with Gasteiger partial charge in [0.15, 0.2) is 9.84 Å². The zero-order chi connectivity index (χ0) is 12.5. The summed E-state index contributed by atoms with van der Waals surface area (Å²) in [4.78, 5) is 0.474. The van der Waals surface area contributed by atoms with E-state index in [0.29, 0.717) is 22.5 Å². The van der Waals surface area contributed by atoms with E-state index in [1.807, 2.05) is 19.1 Å². The highest BCUT2D eigenvalue weighted by molar-refractivity contribution is 7.91. The standard InChI is InChI=1S/C14H20O2S/c1-11-6-8-14(9-7-11)17(15,16)10-13-5-3-4-12(13)2/h6-9,12-13H,3-5,10H2,1-2H3. The molecular formula is C14H20O2S. The van der Waals surface area contributed by atoms with Gasteiger partial charge in [0.1, 0.15) is 0 Å². The predicted molar refractivity (Wildman–Crippen MR) is 69.7 cm³/mol. The molecule has 0 saturated heterocycles. The molecule has 0 heterocycles. The van der Waals surface area contributed by atoms with Gasteiger partial charge in [-0.1, -0.05) is 37.5 Å². The van der Waals surface area contributed by atoms with Crippen LogP contribution in [0.25, 0.3) is 0 Å². The Hall–Kier alpha value is -0.830. The summed E-state index contributed by atoms with van der Waals surface area (Å²) >= 11 is 0. The summed E-state index contributed by atoms with van der Waals surface area (Å²) in [5.41, 5.74) is 1.10. The van der Waals surface area contributed by atoms with Crippen LogP contribution in [0.1, 0.15) is 31.7 Å². The summed E-state index contributed by atoms with van der Waals surface area (Å²) in [7, 11) is -3.09. The van der Waals surface area contributed by atoms with Crippen LogP contribution in [0, 0.1) is 18.8 Å². The second-order valence-corrected chi connectivity index (χ2v) is 7.30. The second kappa shape index (κ2) is 4.81. The first-order valence-electron chi connectivity index (χ1n) is 6.28. The van der Waals surface area contributed by atoms with Gasteiger partial charge in [0, 0.05) is 0 Å². The van der Waals surface area contributed by atoms with Crippen molar-refractivity contribution in [3.63, 3.8) is 0 Å². The Bertz CT molecular complexity index is 473. The van der Waals surface area contributed by atoms with Crippen LogP contribution in [0.5, 0.6) is 0 Å². The van der Waals surface area contributed by atoms with Crippen LogP contribution < -0.4 is 0 Å². The number of benzene rings is 1. The summed E-state index contributed by atoms with van der Waals surface area (Å²) in [5, 5.41) is 0. The zero-order valence-corrected chi connectivity index (χ0v) is 11.3. The van der Waals surface area contributed by atoms with Gasteiger partial charge >= 0.3 is 0 Å². The van der Waals surface area contributed by atoms with Crippen molar-refractivity contribution in [1.82, 2.24) is 0 Å². The lowest BCUT2D eigenvalue weighted by molar-refractivity contribution is 0.452. The van der Waals surface area contributed by atoms with Gasteiger partial charge in [-0.05, 0) is 37.3 Å². The molecule has 1 saturated carbocycles. The van der Waals surface area contributed by atoms with Crippen molar-refractivity contribution in [2.24, 2.45) is 11.8 Å². The minimum atomic E-state index is -3.09. The Balaban J connectivity index is 2.16. The Morgan fingerprint density at radius 1 is 1.18 bits per heavy atom. The summed E-state index contributed by atoms with van der Waals surface area (Å²) < 4.78 is 24.5. The van der Waals surface area contributed by atoms with Crippen LogP contribution in [0.3, 0.4) is 0 Å². The van der Waals surface area contributed by atoms with Gasteiger partial charge in [0.2, 0.25) is 0 Å². The number of rotatable bonds is 3. The molecular weight excluding hydrogens is 232 g/mol. The van der Waals surface area contributed by atoms with Gasteiger partial charge in [-0.15, -0.1) is 0 Å². The van der Waals surface area contributed by atoms with E-state index in [0.717, 1.165) is 12.0 Å². The predicted octanol–water partition coefficient (Wildman–Crippen LogP) is 3.20.